The molecule has 0 radical (unpaired) electrons. The van der Waals surface area contributed by atoms with E-state index in [9.17, 15) is 19.5 Å². The number of carboxylic acids is 1. The van der Waals surface area contributed by atoms with Gasteiger partial charge >= 0.3 is 5.97 Å². The van der Waals surface area contributed by atoms with Gasteiger partial charge in [-0.15, -0.1) is 0 Å². The average molecular weight is 270 g/mol. The van der Waals surface area contributed by atoms with E-state index < -0.39 is 17.4 Å². The minimum absolute atomic E-state index is 0.0444. The Labute approximate surface area is 113 Å². The molecule has 6 nitrogen and oxygen atoms in total. The fourth-order valence-electron chi connectivity index (χ4n) is 2.56. The van der Waals surface area contributed by atoms with Crippen molar-refractivity contribution in [3.05, 3.63) is 0 Å². The number of carboxylic acid groups (broad SMARTS) is 1. The van der Waals surface area contributed by atoms with E-state index >= 15 is 0 Å². The lowest BCUT2D eigenvalue weighted by Gasteiger charge is -2.40. The fourth-order valence-corrected chi connectivity index (χ4v) is 2.56. The Morgan fingerprint density at radius 3 is 2.53 bits per heavy atom. The predicted molar refractivity (Wildman–Crippen MR) is 69.5 cm³/mol. The van der Waals surface area contributed by atoms with Crippen molar-refractivity contribution in [3.63, 3.8) is 0 Å². The van der Waals surface area contributed by atoms with Crippen molar-refractivity contribution in [2.75, 3.05) is 13.6 Å². The van der Waals surface area contributed by atoms with Crippen molar-refractivity contribution in [2.24, 2.45) is 5.92 Å². The Balaban J connectivity index is 2.68. The number of carbonyl (C=O) groups excluding carboxylic acids is 2. The van der Waals surface area contributed by atoms with Gasteiger partial charge in [-0.2, -0.15) is 0 Å². The molecule has 2 amide bonds. The molecular formula is C13H22N2O4. The zero-order chi connectivity index (χ0) is 14.6. The molecule has 0 aromatic rings. The van der Waals surface area contributed by atoms with Crippen LogP contribution >= 0.6 is 0 Å². The van der Waals surface area contributed by atoms with Crippen LogP contribution in [0.5, 0.6) is 0 Å². The van der Waals surface area contributed by atoms with Gasteiger partial charge in [0.15, 0.2) is 0 Å². The summed E-state index contributed by atoms with van der Waals surface area (Å²) in [5.74, 6) is -1.94. The second-order valence-electron chi connectivity index (χ2n) is 5.48. The van der Waals surface area contributed by atoms with Gasteiger partial charge in [-0.1, -0.05) is 12.8 Å². The summed E-state index contributed by atoms with van der Waals surface area (Å²) in [6.45, 7) is 3.11. The molecule has 0 aliphatic heterocycles. The summed E-state index contributed by atoms with van der Waals surface area (Å²) in [7, 11) is 1.54. The number of aliphatic carboxylic acids is 1. The molecule has 108 valence electrons. The van der Waals surface area contributed by atoms with Crippen LogP contribution in [0.4, 0.5) is 0 Å². The quantitative estimate of drug-likeness (QED) is 0.783. The summed E-state index contributed by atoms with van der Waals surface area (Å²) >= 11 is 0. The largest absolute Gasteiger partial charge is 0.481 e. The molecule has 1 fully saturated rings. The third kappa shape index (κ3) is 3.94. The molecule has 0 bridgehead atoms. The van der Waals surface area contributed by atoms with Crippen LogP contribution in [0.1, 0.15) is 39.5 Å². The molecule has 0 aromatic heterocycles. The van der Waals surface area contributed by atoms with Crippen LogP contribution in [-0.4, -0.2) is 46.9 Å². The third-order valence-corrected chi connectivity index (χ3v) is 3.85. The molecule has 1 rings (SSSR count). The lowest BCUT2D eigenvalue weighted by Crippen LogP contribution is -2.57. The third-order valence-electron chi connectivity index (χ3n) is 3.85. The lowest BCUT2D eigenvalue weighted by atomic mass is 9.74. The average Bonchev–Trinajstić information content (AvgIpc) is 2.27. The molecule has 19 heavy (non-hydrogen) atoms. The van der Waals surface area contributed by atoms with Crippen LogP contribution in [0, 0.1) is 5.92 Å². The number of amides is 2. The van der Waals surface area contributed by atoms with Crippen LogP contribution in [-0.2, 0) is 14.4 Å². The first-order valence-corrected chi connectivity index (χ1v) is 6.52. The molecule has 0 heterocycles. The molecule has 2 atom stereocenters. The molecular weight excluding hydrogens is 248 g/mol. The lowest BCUT2D eigenvalue weighted by molar-refractivity contribution is -0.147. The molecule has 0 saturated heterocycles. The van der Waals surface area contributed by atoms with Gasteiger partial charge in [0.1, 0.15) is 0 Å². The van der Waals surface area contributed by atoms with Crippen molar-refractivity contribution >= 4 is 17.8 Å². The van der Waals surface area contributed by atoms with Crippen LogP contribution in [0.25, 0.3) is 0 Å². The van der Waals surface area contributed by atoms with E-state index in [2.05, 4.69) is 5.32 Å². The van der Waals surface area contributed by atoms with E-state index in [1.165, 1.54) is 11.8 Å². The fraction of sp³-hybridized carbons (Fsp3) is 0.769. The van der Waals surface area contributed by atoms with Crippen LogP contribution in [0.3, 0.4) is 0 Å². The zero-order valence-electron chi connectivity index (χ0n) is 11.7. The van der Waals surface area contributed by atoms with Gasteiger partial charge in [0.2, 0.25) is 11.8 Å². The van der Waals surface area contributed by atoms with Crippen molar-refractivity contribution < 1.29 is 19.5 Å². The molecule has 6 heteroatoms. The van der Waals surface area contributed by atoms with E-state index in [1.54, 1.807) is 14.0 Å². The number of nitrogens with zero attached hydrogens (tertiary/aromatic N) is 1. The summed E-state index contributed by atoms with van der Waals surface area (Å²) in [5, 5.41) is 12.0. The Morgan fingerprint density at radius 2 is 2.00 bits per heavy atom. The van der Waals surface area contributed by atoms with Crippen molar-refractivity contribution in [1.29, 1.82) is 0 Å². The molecule has 0 spiro atoms. The van der Waals surface area contributed by atoms with Gasteiger partial charge in [0, 0.05) is 14.0 Å². The first-order chi connectivity index (χ1) is 8.76. The first-order valence-electron chi connectivity index (χ1n) is 6.52. The Morgan fingerprint density at radius 1 is 1.37 bits per heavy atom. The second-order valence-corrected chi connectivity index (χ2v) is 5.48. The normalized spacial score (nSPS) is 26.6. The number of hydrogen-bond acceptors (Lipinski definition) is 3. The van der Waals surface area contributed by atoms with Crippen molar-refractivity contribution in [1.82, 2.24) is 10.2 Å². The number of carbonyl (C=O) groups is 3. The van der Waals surface area contributed by atoms with Crippen LogP contribution in [0.15, 0.2) is 0 Å². The number of rotatable bonds is 4. The maximum atomic E-state index is 11.9. The SMILES string of the molecule is CC(=O)N(C)CC(=O)NC1(C)CCCCC1C(=O)O. The Hall–Kier alpha value is -1.59. The summed E-state index contributed by atoms with van der Waals surface area (Å²) in [6, 6.07) is 0. The van der Waals surface area contributed by atoms with Gasteiger partial charge in [-0.25, -0.2) is 0 Å². The monoisotopic (exact) mass is 270 g/mol. The molecule has 2 unspecified atom stereocenters. The Bertz CT molecular complexity index is 383. The summed E-state index contributed by atoms with van der Waals surface area (Å²) in [6.07, 6.45) is 3.01. The standard InChI is InChI=1S/C13H22N2O4/c1-9(16)15(3)8-11(17)14-13(2)7-5-4-6-10(13)12(18)19/h10H,4-8H2,1-3H3,(H,14,17)(H,18,19). The van der Waals surface area contributed by atoms with E-state index in [0.717, 1.165) is 12.8 Å². The van der Waals surface area contributed by atoms with Gasteiger partial charge < -0.3 is 15.3 Å². The smallest absolute Gasteiger partial charge is 0.308 e. The molecule has 1 saturated carbocycles. The highest BCUT2D eigenvalue weighted by atomic mass is 16.4. The summed E-state index contributed by atoms with van der Waals surface area (Å²) in [5.41, 5.74) is -0.723. The zero-order valence-corrected chi connectivity index (χ0v) is 11.7. The molecule has 1 aliphatic carbocycles. The summed E-state index contributed by atoms with van der Waals surface area (Å²) in [4.78, 5) is 35.5. The molecule has 2 N–H and O–H groups in total. The van der Waals surface area contributed by atoms with Gasteiger partial charge in [0.25, 0.3) is 0 Å². The van der Waals surface area contributed by atoms with E-state index in [-0.39, 0.29) is 18.4 Å². The van der Waals surface area contributed by atoms with Crippen LogP contribution < -0.4 is 5.32 Å². The minimum atomic E-state index is -0.873. The highest BCUT2D eigenvalue weighted by Crippen LogP contribution is 2.33. The molecule has 1 aliphatic rings. The first kappa shape index (κ1) is 15.5. The second kappa shape index (κ2) is 6.04. The predicted octanol–water partition coefficient (Wildman–Crippen LogP) is 0.614. The minimum Gasteiger partial charge on any atom is -0.481 e. The van der Waals surface area contributed by atoms with Crippen LogP contribution in [0.2, 0.25) is 0 Å². The topological polar surface area (TPSA) is 86.7 Å². The van der Waals surface area contributed by atoms with E-state index in [4.69, 9.17) is 0 Å². The number of nitrogens with one attached hydrogen (secondary N) is 1. The maximum absolute atomic E-state index is 11.9. The summed E-state index contributed by atoms with van der Waals surface area (Å²) < 4.78 is 0. The van der Waals surface area contributed by atoms with E-state index in [0.29, 0.717) is 12.8 Å². The number of hydrogen-bond donors (Lipinski definition) is 2. The van der Waals surface area contributed by atoms with Gasteiger partial charge in [-0.3, -0.25) is 14.4 Å². The number of likely N-dealkylation sites (N-methyl/N-ethyl adjacent to an activating group) is 1. The van der Waals surface area contributed by atoms with Gasteiger partial charge in [-0.05, 0) is 19.8 Å². The highest BCUT2D eigenvalue weighted by Gasteiger charge is 2.42. The Kier molecular flexibility index (Phi) is 4.91. The maximum Gasteiger partial charge on any atom is 0.308 e. The van der Waals surface area contributed by atoms with E-state index in [1.807, 2.05) is 0 Å². The molecule has 0 aromatic carbocycles. The van der Waals surface area contributed by atoms with Gasteiger partial charge in [0.05, 0.1) is 18.0 Å². The highest BCUT2D eigenvalue weighted by molar-refractivity contribution is 5.84. The van der Waals surface area contributed by atoms with Crippen molar-refractivity contribution in [3.8, 4) is 0 Å². The van der Waals surface area contributed by atoms with Crippen molar-refractivity contribution in [2.45, 2.75) is 45.1 Å².